The van der Waals surface area contributed by atoms with Gasteiger partial charge in [0.25, 0.3) is 0 Å². The second kappa shape index (κ2) is 5.66. The average molecular weight is 234 g/mol. The van der Waals surface area contributed by atoms with E-state index < -0.39 is 0 Å². The molecule has 3 heteroatoms. The molecular formula is C13H18N2S. The molecule has 0 amide bonds. The van der Waals surface area contributed by atoms with Gasteiger partial charge in [-0.05, 0) is 38.6 Å². The fraction of sp³-hybridized carbons (Fsp3) is 0.308. The van der Waals surface area contributed by atoms with Crippen molar-refractivity contribution in [2.24, 2.45) is 0 Å². The first-order valence-corrected chi connectivity index (χ1v) is 5.78. The zero-order valence-corrected chi connectivity index (χ0v) is 10.8. The zero-order valence-electron chi connectivity index (χ0n) is 10.0. The monoisotopic (exact) mass is 234 g/mol. The molecule has 0 aliphatic carbocycles. The second-order valence-corrected chi connectivity index (χ2v) is 4.21. The molecule has 0 atom stereocenters. The summed E-state index contributed by atoms with van der Waals surface area (Å²) < 4.78 is 2.79. The van der Waals surface area contributed by atoms with Crippen LogP contribution in [0.3, 0.4) is 0 Å². The van der Waals surface area contributed by atoms with Crippen LogP contribution in [0, 0.1) is 4.77 Å². The molecule has 0 unspecified atom stereocenters. The van der Waals surface area contributed by atoms with Crippen molar-refractivity contribution in [1.29, 1.82) is 0 Å². The number of aromatic amines is 1. The first-order valence-electron chi connectivity index (χ1n) is 5.37. The van der Waals surface area contributed by atoms with E-state index in [1.165, 1.54) is 0 Å². The summed E-state index contributed by atoms with van der Waals surface area (Å²) in [4.78, 5) is 3.19. The summed E-state index contributed by atoms with van der Waals surface area (Å²) in [6, 6.07) is 0.366. The number of H-pyrrole nitrogens is 1. The van der Waals surface area contributed by atoms with Crippen molar-refractivity contribution in [1.82, 2.24) is 9.55 Å². The molecule has 0 aliphatic heterocycles. The van der Waals surface area contributed by atoms with Gasteiger partial charge in [-0.2, -0.15) is 0 Å². The van der Waals surface area contributed by atoms with Gasteiger partial charge < -0.3 is 9.55 Å². The summed E-state index contributed by atoms with van der Waals surface area (Å²) in [6.07, 6.45) is 9.84. The van der Waals surface area contributed by atoms with Crippen molar-refractivity contribution in [2.75, 3.05) is 0 Å². The molecule has 1 aromatic heterocycles. The Bertz CT molecular complexity index is 472. The standard InChI is InChI=1S/C13H18N2S/c1-5-7-8-11(6-2)12-9-15(10(3)4)13(16)14-12/h5-10H,2H2,1,3-4H3,(H,14,16)/b7-5-,11-8+. The number of imidazole rings is 1. The molecule has 1 rings (SSSR count). The average Bonchev–Trinajstić information content (AvgIpc) is 2.62. The lowest BCUT2D eigenvalue weighted by Crippen LogP contribution is -1.97. The van der Waals surface area contributed by atoms with Gasteiger partial charge in [-0.15, -0.1) is 0 Å². The van der Waals surface area contributed by atoms with Crippen LogP contribution in [-0.2, 0) is 0 Å². The number of nitrogens with one attached hydrogen (secondary N) is 1. The van der Waals surface area contributed by atoms with E-state index in [0.29, 0.717) is 6.04 Å². The second-order valence-electron chi connectivity index (χ2n) is 3.83. The fourth-order valence-electron chi connectivity index (χ4n) is 1.41. The number of nitrogens with zero attached hydrogens (tertiary/aromatic N) is 1. The van der Waals surface area contributed by atoms with Gasteiger partial charge in [0.1, 0.15) is 0 Å². The highest BCUT2D eigenvalue weighted by Crippen LogP contribution is 2.16. The maximum absolute atomic E-state index is 5.26. The minimum absolute atomic E-state index is 0.366. The van der Waals surface area contributed by atoms with Gasteiger partial charge in [0.15, 0.2) is 4.77 Å². The lowest BCUT2D eigenvalue weighted by molar-refractivity contribution is 0.592. The van der Waals surface area contributed by atoms with E-state index >= 15 is 0 Å². The Hall–Kier alpha value is -1.35. The van der Waals surface area contributed by atoms with Crippen LogP contribution in [0.15, 0.2) is 37.1 Å². The Labute approximate surface area is 102 Å². The van der Waals surface area contributed by atoms with Crippen LogP contribution in [0.1, 0.15) is 32.5 Å². The molecule has 0 bridgehead atoms. The fourth-order valence-corrected chi connectivity index (χ4v) is 1.78. The molecule has 0 saturated carbocycles. The predicted molar refractivity (Wildman–Crippen MR) is 73.0 cm³/mol. The molecule has 0 radical (unpaired) electrons. The minimum atomic E-state index is 0.366. The first kappa shape index (κ1) is 12.7. The summed E-state index contributed by atoms with van der Waals surface area (Å²) in [6.45, 7) is 10.0. The van der Waals surface area contributed by atoms with Gasteiger partial charge in [0.2, 0.25) is 0 Å². The first-order chi connectivity index (χ1) is 7.60. The molecule has 16 heavy (non-hydrogen) atoms. The van der Waals surface area contributed by atoms with E-state index in [2.05, 4.69) is 25.4 Å². The largest absolute Gasteiger partial charge is 0.331 e. The van der Waals surface area contributed by atoms with E-state index in [9.17, 15) is 0 Å². The summed E-state index contributed by atoms with van der Waals surface area (Å²) in [7, 11) is 0. The normalized spacial score (nSPS) is 12.6. The van der Waals surface area contributed by atoms with Crippen LogP contribution in [-0.4, -0.2) is 9.55 Å². The predicted octanol–water partition coefficient (Wildman–Crippen LogP) is 4.27. The van der Waals surface area contributed by atoms with Crippen molar-refractivity contribution in [3.63, 3.8) is 0 Å². The van der Waals surface area contributed by atoms with Crippen molar-refractivity contribution in [2.45, 2.75) is 26.8 Å². The number of hydrogen-bond acceptors (Lipinski definition) is 1. The molecule has 1 heterocycles. The Balaban J connectivity index is 3.18. The Morgan fingerprint density at radius 2 is 2.25 bits per heavy atom. The third-order valence-electron chi connectivity index (χ3n) is 2.30. The van der Waals surface area contributed by atoms with Crippen LogP contribution in [0.5, 0.6) is 0 Å². The molecule has 0 spiro atoms. The van der Waals surface area contributed by atoms with Crippen LogP contribution < -0.4 is 0 Å². The van der Waals surface area contributed by atoms with Gasteiger partial charge in [-0.3, -0.25) is 0 Å². The molecular weight excluding hydrogens is 216 g/mol. The maximum atomic E-state index is 5.26. The lowest BCUT2D eigenvalue weighted by atomic mass is 10.2. The van der Waals surface area contributed by atoms with Gasteiger partial charge in [-0.25, -0.2) is 0 Å². The van der Waals surface area contributed by atoms with Crippen LogP contribution in [0.2, 0.25) is 0 Å². The molecule has 0 aromatic carbocycles. The SMILES string of the molecule is C=C/C(=C\C=C/C)c1cn(C(C)C)c(=S)[nH]1. The van der Waals surface area contributed by atoms with E-state index in [-0.39, 0.29) is 0 Å². The number of rotatable bonds is 4. The number of allylic oxidation sites excluding steroid dienone is 5. The quantitative estimate of drug-likeness (QED) is 0.609. The Morgan fingerprint density at radius 3 is 2.69 bits per heavy atom. The summed E-state index contributed by atoms with van der Waals surface area (Å²) in [5.41, 5.74) is 2.05. The van der Waals surface area contributed by atoms with Gasteiger partial charge in [0.05, 0.1) is 5.69 Å². The highest BCUT2D eigenvalue weighted by atomic mass is 32.1. The minimum Gasteiger partial charge on any atom is -0.331 e. The smallest absolute Gasteiger partial charge is 0.177 e. The summed E-state index contributed by atoms with van der Waals surface area (Å²) in [5.74, 6) is 0. The topological polar surface area (TPSA) is 20.7 Å². The van der Waals surface area contributed by atoms with Crippen molar-refractivity contribution < 1.29 is 0 Å². The van der Waals surface area contributed by atoms with Gasteiger partial charge in [0, 0.05) is 12.2 Å². The van der Waals surface area contributed by atoms with Gasteiger partial charge >= 0.3 is 0 Å². The maximum Gasteiger partial charge on any atom is 0.177 e. The van der Waals surface area contributed by atoms with Crippen LogP contribution >= 0.6 is 12.2 Å². The Morgan fingerprint density at radius 1 is 1.56 bits per heavy atom. The van der Waals surface area contributed by atoms with Crippen molar-refractivity contribution in [3.8, 4) is 0 Å². The number of hydrogen-bond donors (Lipinski definition) is 1. The zero-order chi connectivity index (χ0) is 12.1. The molecule has 86 valence electrons. The van der Waals surface area contributed by atoms with Crippen LogP contribution in [0.4, 0.5) is 0 Å². The van der Waals surface area contributed by atoms with E-state index in [4.69, 9.17) is 12.2 Å². The van der Waals surface area contributed by atoms with E-state index in [1.54, 1.807) is 0 Å². The molecule has 0 fully saturated rings. The van der Waals surface area contributed by atoms with Gasteiger partial charge in [-0.1, -0.05) is 30.9 Å². The third-order valence-corrected chi connectivity index (χ3v) is 2.61. The van der Waals surface area contributed by atoms with Crippen molar-refractivity contribution >= 4 is 17.8 Å². The molecule has 0 aliphatic rings. The number of aromatic nitrogens is 2. The van der Waals surface area contributed by atoms with Crippen molar-refractivity contribution in [3.05, 3.63) is 47.5 Å². The molecule has 2 nitrogen and oxygen atoms in total. The molecule has 1 aromatic rings. The van der Waals surface area contributed by atoms with E-state index in [0.717, 1.165) is 16.0 Å². The summed E-state index contributed by atoms with van der Waals surface area (Å²) >= 11 is 5.26. The van der Waals surface area contributed by atoms with E-state index in [1.807, 2.05) is 42.0 Å². The summed E-state index contributed by atoms with van der Waals surface area (Å²) in [5, 5.41) is 0. The Kier molecular flexibility index (Phi) is 4.50. The molecule has 1 N–H and O–H groups in total. The third kappa shape index (κ3) is 2.83. The highest BCUT2D eigenvalue weighted by molar-refractivity contribution is 7.71. The lowest BCUT2D eigenvalue weighted by Gasteiger charge is -2.04. The highest BCUT2D eigenvalue weighted by Gasteiger charge is 2.04. The van der Waals surface area contributed by atoms with Crippen LogP contribution in [0.25, 0.3) is 5.57 Å². The molecule has 0 saturated heterocycles.